The second-order valence-electron chi connectivity index (χ2n) is 7.63. The van der Waals surface area contributed by atoms with Crippen LogP contribution in [0.3, 0.4) is 0 Å². The van der Waals surface area contributed by atoms with Gasteiger partial charge in [-0.05, 0) is 61.9 Å². The van der Waals surface area contributed by atoms with E-state index in [1.807, 2.05) is 0 Å². The van der Waals surface area contributed by atoms with Crippen molar-refractivity contribution in [3.63, 3.8) is 0 Å². The van der Waals surface area contributed by atoms with Crippen molar-refractivity contribution in [3.8, 4) is 5.75 Å². The van der Waals surface area contributed by atoms with Crippen molar-refractivity contribution in [1.29, 1.82) is 0 Å². The smallest absolute Gasteiger partial charge is 0.507 e. The lowest BCUT2D eigenvalue weighted by molar-refractivity contribution is -0.274. The van der Waals surface area contributed by atoms with E-state index < -0.39 is 41.4 Å². The Morgan fingerprint density at radius 1 is 1.06 bits per heavy atom. The van der Waals surface area contributed by atoms with Gasteiger partial charge in [-0.2, -0.15) is 0 Å². The first-order chi connectivity index (χ1) is 16.0. The lowest BCUT2D eigenvalue weighted by atomic mass is 9.98. The molecular formula is C24H17F4NO5. The number of ether oxygens (including phenoxy) is 1. The minimum atomic E-state index is -4.97. The van der Waals surface area contributed by atoms with E-state index in [0.717, 1.165) is 23.1 Å². The van der Waals surface area contributed by atoms with Gasteiger partial charge in [0, 0.05) is 17.3 Å². The summed E-state index contributed by atoms with van der Waals surface area (Å²) in [6.07, 6.45) is -4.97. The van der Waals surface area contributed by atoms with Crippen LogP contribution < -0.4 is 9.64 Å². The number of carbonyl (C=O) groups excluding carboxylic acids is 2. The summed E-state index contributed by atoms with van der Waals surface area (Å²) in [7, 11) is 0. The Morgan fingerprint density at radius 3 is 2.41 bits per heavy atom. The quantitative estimate of drug-likeness (QED) is 0.231. The van der Waals surface area contributed by atoms with Gasteiger partial charge in [0.25, 0.3) is 11.7 Å². The number of alkyl halides is 3. The summed E-state index contributed by atoms with van der Waals surface area (Å²) in [4.78, 5) is 27.0. The maximum absolute atomic E-state index is 13.7. The van der Waals surface area contributed by atoms with E-state index in [2.05, 4.69) is 4.74 Å². The maximum Gasteiger partial charge on any atom is 0.573 e. The van der Waals surface area contributed by atoms with Crippen molar-refractivity contribution >= 4 is 23.1 Å². The molecule has 1 fully saturated rings. The fraction of sp³-hybridized carbons (Fsp3) is 0.167. The molecular weight excluding hydrogens is 458 g/mol. The molecule has 1 aliphatic heterocycles. The Labute approximate surface area is 190 Å². The molecule has 1 aromatic heterocycles. The minimum Gasteiger partial charge on any atom is -0.507 e. The summed E-state index contributed by atoms with van der Waals surface area (Å²) in [6.45, 7) is 3.08. The molecule has 1 atom stereocenters. The number of ketones is 1. The number of hydrogen-bond donors (Lipinski definition) is 1. The van der Waals surface area contributed by atoms with Gasteiger partial charge in [-0.1, -0.05) is 6.07 Å². The van der Waals surface area contributed by atoms with E-state index >= 15 is 0 Å². The normalized spacial score (nSPS) is 17.9. The molecule has 2 aromatic carbocycles. The molecule has 1 amide bonds. The van der Waals surface area contributed by atoms with E-state index in [1.165, 1.54) is 37.3 Å². The van der Waals surface area contributed by atoms with Gasteiger partial charge in [0.05, 0.1) is 5.57 Å². The second-order valence-corrected chi connectivity index (χ2v) is 7.63. The summed E-state index contributed by atoms with van der Waals surface area (Å²) >= 11 is 0. The van der Waals surface area contributed by atoms with Crippen LogP contribution in [-0.2, 0) is 9.59 Å². The fourth-order valence-corrected chi connectivity index (χ4v) is 3.75. The molecule has 2 heterocycles. The number of carbonyl (C=O) groups is 2. The van der Waals surface area contributed by atoms with Gasteiger partial charge in [-0.15, -0.1) is 13.2 Å². The number of aliphatic hydroxyl groups excluding tert-OH is 1. The van der Waals surface area contributed by atoms with E-state index in [0.29, 0.717) is 5.76 Å². The number of rotatable bonds is 4. The van der Waals surface area contributed by atoms with Gasteiger partial charge in [-0.3, -0.25) is 14.5 Å². The molecule has 176 valence electrons. The molecule has 4 rings (SSSR count). The highest BCUT2D eigenvalue weighted by Gasteiger charge is 2.48. The number of hydrogen-bond acceptors (Lipinski definition) is 5. The van der Waals surface area contributed by atoms with Gasteiger partial charge in [0.2, 0.25) is 0 Å². The largest absolute Gasteiger partial charge is 0.573 e. The molecule has 0 aliphatic carbocycles. The second kappa shape index (κ2) is 8.36. The maximum atomic E-state index is 13.7. The Bertz CT molecular complexity index is 1320. The first kappa shape index (κ1) is 23.1. The highest BCUT2D eigenvalue weighted by atomic mass is 19.4. The first-order valence-corrected chi connectivity index (χ1v) is 9.96. The Kier molecular flexibility index (Phi) is 5.68. The van der Waals surface area contributed by atoms with Crippen LogP contribution in [-0.4, -0.2) is 23.2 Å². The average Bonchev–Trinajstić information content (AvgIpc) is 3.29. The Balaban J connectivity index is 1.89. The van der Waals surface area contributed by atoms with Crippen LogP contribution in [0.2, 0.25) is 0 Å². The number of furan rings is 1. The molecule has 10 heteroatoms. The molecule has 1 unspecified atom stereocenters. The summed E-state index contributed by atoms with van der Waals surface area (Å²) in [6, 6.07) is 9.95. The zero-order chi connectivity index (χ0) is 24.8. The number of aliphatic hydroxyl groups is 1. The number of aryl methyl sites for hydroxylation is 2. The van der Waals surface area contributed by atoms with Crippen molar-refractivity contribution in [2.24, 2.45) is 0 Å². The molecule has 0 spiro atoms. The summed E-state index contributed by atoms with van der Waals surface area (Å²) in [5.41, 5.74) is -0.162. The van der Waals surface area contributed by atoms with Crippen molar-refractivity contribution in [2.75, 3.05) is 4.90 Å². The summed E-state index contributed by atoms with van der Waals surface area (Å²) < 4.78 is 61.4. The standard InChI is InChI=1S/C24H17F4NO5/c1-12-10-14(7-8-17(12)25)21(30)19-20(18-9-6-13(2)33-18)29(23(32)22(19)31)15-4-3-5-16(11-15)34-24(26,27)28/h3-11,20,30H,1-2H3/b21-19-. The van der Waals surface area contributed by atoms with Crippen LogP contribution in [0.15, 0.2) is 64.6 Å². The highest BCUT2D eigenvalue weighted by Crippen LogP contribution is 2.43. The number of nitrogens with zero attached hydrogens (tertiary/aromatic N) is 1. The highest BCUT2D eigenvalue weighted by molar-refractivity contribution is 6.51. The van der Waals surface area contributed by atoms with Crippen molar-refractivity contribution in [1.82, 2.24) is 0 Å². The Morgan fingerprint density at radius 2 is 1.79 bits per heavy atom. The number of anilines is 1. The third-order valence-corrected chi connectivity index (χ3v) is 5.24. The van der Waals surface area contributed by atoms with E-state index in [1.54, 1.807) is 13.0 Å². The monoisotopic (exact) mass is 475 g/mol. The molecule has 0 saturated carbocycles. The molecule has 0 radical (unpaired) electrons. The minimum absolute atomic E-state index is 0.0827. The van der Waals surface area contributed by atoms with Gasteiger partial charge < -0.3 is 14.3 Å². The molecule has 1 saturated heterocycles. The van der Waals surface area contributed by atoms with Crippen LogP contribution in [0.1, 0.15) is 28.7 Å². The molecule has 6 nitrogen and oxygen atoms in total. The number of amides is 1. The lowest BCUT2D eigenvalue weighted by Crippen LogP contribution is -2.29. The van der Waals surface area contributed by atoms with Gasteiger partial charge in [0.15, 0.2) is 0 Å². The fourth-order valence-electron chi connectivity index (χ4n) is 3.75. The van der Waals surface area contributed by atoms with E-state index in [4.69, 9.17) is 4.42 Å². The zero-order valence-corrected chi connectivity index (χ0v) is 17.8. The molecule has 1 N–H and O–H groups in total. The van der Waals surface area contributed by atoms with Crippen molar-refractivity contribution in [3.05, 3.63) is 88.6 Å². The van der Waals surface area contributed by atoms with Crippen molar-refractivity contribution in [2.45, 2.75) is 26.3 Å². The predicted molar refractivity (Wildman–Crippen MR) is 112 cm³/mol. The summed E-state index contributed by atoms with van der Waals surface area (Å²) in [5, 5.41) is 11.0. The molecule has 0 bridgehead atoms. The first-order valence-electron chi connectivity index (χ1n) is 9.96. The molecule has 1 aliphatic rings. The zero-order valence-electron chi connectivity index (χ0n) is 17.8. The lowest BCUT2D eigenvalue weighted by Gasteiger charge is -2.24. The van der Waals surface area contributed by atoms with Crippen LogP contribution in [0, 0.1) is 19.7 Å². The van der Waals surface area contributed by atoms with Crippen LogP contribution in [0.25, 0.3) is 5.76 Å². The molecule has 34 heavy (non-hydrogen) atoms. The Hall–Kier alpha value is -4.08. The number of benzene rings is 2. The third kappa shape index (κ3) is 4.26. The van der Waals surface area contributed by atoms with Gasteiger partial charge in [0.1, 0.15) is 34.9 Å². The van der Waals surface area contributed by atoms with Gasteiger partial charge >= 0.3 is 6.36 Å². The third-order valence-electron chi connectivity index (χ3n) is 5.24. The topological polar surface area (TPSA) is 80.0 Å². The number of halogens is 4. The van der Waals surface area contributed by atoms with Crippen LogP contribution in [0.5, 0.6) is 5.75 Å². The van der Waals surface area contributed by atoms with Crippen molar-refractivity contribution < 1.29 is 41.4 Å². The number of Topliss-reactive ketones (excluding diaryl/α,β-unsaturated/α-hetero) is 1. The van der Waals surface area contributed by atoms with E-state index in [-0.39, 0.29) is 28.1 Å². The SMILES string of the molecule is Cc1ccc(C2/C(=C(/O)c3ccc(F)c(C)c3)C(=O)C(=O)N2c2cccc(OC(F)(F)F)c2)o1. The van der Waals surface area contributed by atoms with Crippen LogP contribution >= 0.6 is 0 Å². The summed E-state index contributed by atoms with van der Waals surface area (Å²) in [5.74, 6) is -3.35. The molecule has 3 aromatic rings. The predicted octanol–water partition coefficient (Wildman–Crippen LogP) is 5.56. The van der Waals surface area contributed by atoms with Crippen LogP contribution in [0.4, 0.5) is 23.2 Å². The van der Waals surface area contributed by atoms with E-state index in [9.17, 15) is 32.3 Å². The van der Waals surface area contributed by atoms with Gasteiger partial charge in [-0.25, -0.2) is 4.39 Å². The average molecular weight is 475 g/mol.